The van der Waals surface area contributed by atoms with Gasteiger partial charge >= 0.3 is 6.03 Å². The first-order chi connectivity index (χ1) is 5.37. The molecule has 4 nitrogen and oxygen atoms in total. The maximum absolute atomic E-state index is 10.9. The largest absolute Gasteiger partial charge is 0.332 e. The Bertz CT molecular complexity index is 192. The van der Waals surface area contributed by atoms with Crippen LogP contribution in [0.25, 0.3) is 0 Å². The van der Waals surface area contributed by atoms with Gasteiger partial charge in [0.1, 0.15) is 5.78 Å². The number of hydrogen-bond acceptors (Lipinski definition) is 2. The highest BCUT2D eigenvalue weighted by Gasteiger charge is 2.21. The van der Waals surface area contributed by atoms with E-state index in [4.69, 9.17) is 0 Å². The second-order valence-electron chi connectivity index (χ2n) is 3.31. The molecule has 0 aromatic heterocycles. The van der Waals surface area contributed by atoms with Crippen LogP contribution in [0.5, 0.6) is 0 Å². The number of Topliss-reactive ketones (excluding diaryl/α,β-unsaturated/α-hetero) is 1. The Hall–Kier alpha value is -0.330. The fraction of sp³-hybridized carbons (Fsp3) is 0.714. The number of carbonyl (C=O) groups is 2. The molecule has 0 aromatic carbocycles. The van der Waals surface area contributed by atoms with Crippen molar-refractivity contribution in [3.05, 3.63) is 0 Å². The summed E-state index contributed by atoms with van der Waals surface area (Å²) in [4.78, 5) is 21.6. The molecule has 2 N–H and O–H groups in total. The average molecular weight is 284 g/mol. The Balaban J connectivity index is 4.03. The van der Waals surface area contributed by atoms with E-state index in [1.54, 1.807) is 36.7 Å². The molecule has 0 fully saturated rings. The fourth-order valence-electron chi connectivity index (χ4n) is 0.998. The molecule has 0 radical (unpaired) electrons. The van der Waals surface area contributed by atoms with Crippen LogP contribution in [0, 0.1) is 0 Å². The normalized spacial score (nSPS) is 10.7. The topological polar surface area (TPSA) is 58.2 Å². The molecular weight excluding hydrogens is 271 g/mol. The minimum Gasteiger partial charge on any atom is -0.332 e. The summed E-state index contributed by atoms with van der Waals surface area (Å²) < 4.78 is 2.40. The zero-order valence-corrected chi connectivity index (χ0v) is 9.56. The number of ketones is 1. The average Bonchev–Trinajstić information content (AvgIpc) is 1.83. The van der Waals surface area contributed by atoms with Crippen molar-refractivity contribution in [3.8, 4) is 0 Å². The van der Waals surface area contributed by atoms with Gasteiger partial charge in [0.15, 0.2) is 0 Å². The van der Waals surface area contributed by atoms with Crippen LogP contribution >= 0.6 is 22.9 Å². The van der Waals surface area contributed by atoms with Crippen molar-refractivity contribution < 1.29 is 9.59 Å². The van der Waals surface area contributed by atoms with E-state index in [1.165, 1.54) is 6.92 Å². The van der Waals surface area contributed by atoms with E-state index in [9.17, 15) is 9.59 Å². The lowest BCUT2D eigenvalue weighted by molar-refractivity contribution is -0.118. The summed E-state index contributed by atoms with van der Waals surface area (Å²) in [5.74, 6) is 0.0637. The molecular formula is C7H13IN2O2. The summed E-state index contributed by atoms with van der Waals surface area (Å²) in [7, 11) is 0. The van der Waals surface area contributed by atoms with Crippen LogP contribution < -0.4 is 8.85 Å². The van der Waals surface area contributed by atoms with Crippen LogP contribution in [-0.4, -0.2) is 17.4 Å². The molecule has 0 atom stereocenters. The maximum Gasteiger partial charge on any atom is 0.323 e. The van der Waals surface area contributed by atoms with E-state index in [1.807, 2.05) is 0 Å². The molecule has 0 aliphatic heterocycles. The molecule has 0 saturated heterocycles. The van der Waals surface area contributed by atoms with Crippen LogP contribution in [0.4, 0.5) is 4.79 Å². The highest BCUT2D eigenvalue weighted by atomic mass is 127. The smallest absolute Gasteiger partial charge is 0.323 e. The first kappa shape index (κ1) is 11.7. The Labute approximate surface area is 86.0 Å². The van der Waals surface area contributed by atoms with Gasteiger partial charge in [-0.15, -0.1) is 0 Å². The molecule has 0 bridgehead atoms. The molecule has 0 aromatic rings. The Morgan fingerprint density at radius 3 is 2.25 bits per heavy atom. The third kappa shape index (κ3) is 5.34. The summed E-state index contributed by atoms with van der Waals surface area (Å²) in [5.41, 5.74) is -0.471. The maximum atomic E-state index is 10.9. The first-order valence-corrected chi connectivity index (χ1v) is 4.63. The van der Waals surface area contributed by atoms with E-state index in [-0.39, 0.29) is 11.8 Å². The molecule has 0 spiro atoms. The first-order valence-electron chi connectivity index (χ1n) is 3.55. The van der Waals surface area contributed by atoms with Crippen LogP contribution in [0.15, 0.2) is 0 Å². The number of amides is 2. The molecule has 0 unspecified atom stereocenters. The molecule has 0 heterocycles. The lowest BCUT2D eigenvalue weighted by Gasteiger charge is -2.24. The van der Waals surface area contributed by atoms with E-state index in [0.29, 0.717) is 6.42 Å². The molecule has 0 rings (SSSR count). The van der Waals surface area contributed by atoms with Crippen molar-refractivity contribution in [2.45, 2.75) is 32.7 Å². The SMILES string of the molecule is CC(=O)CC(C)(C)NC(=O)NI. The van der Waals surface area contributed by atoms with Crippen LogP contribution in [0.3, 0.4) is 0 Å². The minimum atomic E-state index is -0.471. The van der Waals surface area contributed by atoms with Gasteiger partial charge in [-0.1, -0.05) is 0 Å². The number of carbonyl (C=O) groups excluding carboxylic acids is 2. The number of urea groups is 1. The Kier molecular flexibility index (Phi) is 4.51. The predicted molar refractivity (Wildman–Crippen MR) is 55.1 cm³/mol. The third-order valence-electron chi connectivity index (χ3n) is 1.23. The summed E-state index contributed by atoms with van der Waals surface area (Å²) in [6, 6.07) is -0.276. The molecule has 0 aliphatic carbocycles. The van der Waals surface area contributed by atoms with Crippen molar-refractivity contribution >= 4 is 34.7 Å². The van der Waals surface area contributed by atoms with Crippen molar-refractivity contribution in [2.24, 2.45) is 0 Å². The van der Waals surface area contributed by atoms with Gasteiger partial charge in [-0.25, -0.2) is 4.79 Å². The van der Waals surface area contributed by atoms with Gasteiger partial charge < -0.3 is 5.32 Å². The zero-order chi connectivity index (χ0) is 9.78. The fourth-order valence-corrected chi connectivity index (χ4v) is 1.13. The van der Waals surface area contributed by atoms with E-state index in [2.05, 4.69) is 8.85 Å². The van der Waals surface area contributed by atoms with E-state index < -0.39 is 5.54 Å². The van der Waals surface area contributed by atoms with E-state index in [0.717, 1.165) is 0 Å². The van der Waals surface area contributed by atoms with Crippen LogP contribution in [0.2, 0.25) is 0 Å². The van der Waals surface area contributed by atoms with E-state index >= 15 is 0 Å². The van der Waals surface area contributed by atoms with Gasteiger partial charge in [-0.2, -0.15) is 0 Å². The van der Waals surface area contributed by atoms with Crippen LogP contribution in [0.1, 0.15) is 27.2 Å². The van der Waals surface area contributed by atoms with Gasteiger partial charge in [-0.3, -0.25) is 8.32 Å². The summed E-state index contributed by atoms with van der Waals surface area (Å²) in [6.45, 7) is 5.12. The second kappa shape index (κ2) is 4.64. The van der Waals surface area contributed by atoms with Gasteiger partial charge in [0.25, 0.3) is 0 Å². The predicted octanol–water partition coefficient (Wildman–Crippen LogP) is 1.39. The molecule has 5 heteroatoms. The third-order valence-corrected chi connectivity index (χ3v) is 1.72. The molecule has 0 saturated carbocycles. The minimum absolute atomic E-state index is 0.0637. The standard InChI is InChI=1S/C7H13IN2O2/c1-5(11)4-7(2,3)9-6(12)10-8/h4H2,1-3H3,(H2,9,10,12). The number of halogens is 1. The quantitative estimate of drug-likeness (QED) is 0.608. The van der Waals surface area contributed by atoms with Crippen LogP contribution in [-0.2, 0) is 4.79 Å². The number of rotatable bonds is 3. The highest BCUT2D eigenvalue weighted by molar-refractivity contribution is 14.1. The van der Waals surface area contributed by atoms with Gasteiger partial charge in [-0.05, 0) is 20.8 Å². The van der Waals surface area contributed by atoms with Gasteiger partial charge in [0.05, 0.1) is 22.9 Å². The van der Waals surface area contributed by atoms with Crippen molar-refractivity contribution in [1.29, 1.82) is 0 Å². The molecule has 2 amide bonds. The highest BCUT2D eigenvalue weighted by Crippen LogP contribution is 2.08. The van der Waals surface area contributed by atoms with Gasteiger partial charge in [0, 0.05) is 12.0 Å². The number of hydrogen-bond donors (Lipinski definition) is 2. The van der Waals surface area contributed by atoms with Crippen molar-refractivity contribution in [1.82, 2.24) is 8.85 Å². The van der Waals surface area contributed by atoms with Crippen molar-refractivity contribution in [3.63, 3.8) is 0 Å². The zero-order valence-electron chi connectivity index (χ0n) is 7.40. The van der Waals surface area contributed by atoms with Gasteiger partial charge in [0.2, 0.25) is 0 Å². The molecule has 12 heavy (non-hydrogen) atoms. The second-order valence-corrected chi connectivity index (χ2v) is 3.85. The number of nitrogens with one attached hydrogen (secondary N) is 2. The lowest BCUT2D eigenvalue weighted by atomic mass is 9.99. The Morgan fingerprint density at radius 2 is 1.92 bits per heavy atom. The van der Waals surface area contributed by atoms with Crippen molar-refractivity contribution in [2.75, 3.05) is 0 Å². The summed E-state index contributed by atoms with van der Waals surface area (Å²) in [5, 5.41) is 2.66. The molecule has 0 aliphatic rings. The summed E-state index contributed by atoms with van der Waals surface area (Å²) in [6.07, 6.45) is 0.344. The Morgan fingerprint density at radius 1 is 1.42 bits per heavy atom. The molecule has 70 valence electrons. The lowest BCUT2D eigenvalue weighted by Crippen LogP contribution is -2.47. The monoisotopic (exact) mass is 284 g/mol. The summed E-state index contributed by atoms with van der Waals surface area (Å²) >= 11 is 1.74.